The number of hydrogen-bond acceptors (Lipinski definition) is 5. The molecule has 1 amide bonds. The molecule has 0 aliphatic carbocycles. The Balaban J connectivity index is 1.41. The van der Waals surface area contributed by atoms with E-state index in [-0.39, 0.29) is 17.6 Å². The van der Waals surface area contributed by atoms with E-state index in [1.807, 2.05) is 12.1 Å². The summed E-state index contributed by atoms with van der Waals surface area (Å²) in [4.78, 5) is 24.0. The van der Waals surface area contributed by atoms with Crippen LogP contribution in [0, 0.1) is 10.1 Å². The fourth-order valence-electron chi connectivity index (χ4n) is 3.88. The maximum Gasteiger partial charge on any atom is 0.279 e. The lowest BCUT2D eigenvalue weighted by Gasteiger charge is -2.24. The van der Waals surface area contributed by atoms with Crippen LogP contribution in [0.3, 0.4) is 0 Å². The highest BCUT2D eigenvalue weighted by molar-refractivity contribution is 5.91. The first-order chi connectivity index (χ1) is 13.6. The quantitative estimate of drug-likeness (QED) is 0.605. The van der Waals surface area contributed by atoms with Gasteiger partial charge in [0.1, 0.15) is 19.3 Å². The van der Waals surface area contributed by atoms with Crippen molar-refractivity contribution in [3.05, 3.63) is 58.1 Å². The van der Waals surface area contributed by atoms with Gasteiger partial charge < -0.3 is 19.7 Å². The minimum absolute atomic E-state index is 0.00170. The third-order valence-electron chi connectivity index (χ3n) is 5.20. The molecule has 0 aromatic heterocycles. The predicted octanol–water partition coefficient (Wildman–Crippen LogP) is 1.72. The van der Waals surface area contributed by atoms with Crippen molar-refractivity contribution in [2.45, 2.75) is 18.9 Å². The Kier molecular flexibility index (Phi) is 5.12. The number of nitro groups is 1. The Morgan fingerprint density at radius 1 is 1.14 bits per heavy atom. The lowest BCUT2D eigenvalue weighted by atomic mass is 10.0. The molecule has 2 aromatic carbocycles. The molecule has 1 unspecified atom stereocenters. The Morgan fingerprint density at radius 2 is 1.89 bits per heavy atom. The molecule has 146 valence electrons. The highest BCUT2D eigenvalue weighted by atomic mass is 16.6. The molecule has 2 heterocycles. The average Bonchev–Trinajstić information content (AvgIpc) is 3.16. The van der Waals surface area contributed by atoms with Crippen molar-refractivity contribution in [2.24, 2.45) is 0 Å². The van der Waals surface area contributed by atoms with E-state index in [9.17, 15) is 14.9 Å². The van der Waals surface area contributed by atoms with Crippen LogP contribution >= 0.6 is 0 Å². The van der Waals surface area contributed by atoms with Crippen LogP contribution in [-0.4, -0.2) is 37.1 Å². The van der Waals surface area contributed by atoms with Crippen molar-refractivity contribution >= 4 is 17.3 Å². The number of non-ortho nitro benzene ring substituents is 1. The maximum absolute atomic E-state index is 12.5. The molecule has 0 bridgehead atoms. The van der Waals surface area contributed by atoms with E-state index < -0.39 is 4.92 Å². The summed E-state index contributed by atoms with van der Waals surface area (Å²) in [6, 6.07) is 12.1. The number of hydrogen-bond donors (Lipinski definition) is 2. The largest absolute Gasteiger partial charge is 0.486 e. The van der Waals surface area contributed by atoms with Crippen LogP contribution in [0.2, 0.25) is 0 Å². The van der Waals surface area contributed by atoms with E-state index in [1.54, 1.807) is 12.1 Å². The molecule has 4 rings (SSSR count). The van der Waals surface area contributed by atoms with E-state index in [0.29, 0.717) is 25.4 Å². The molecule has 28 heavy (non-hydrogen) atoms. The summed E-state index contributed by atoms with van der Waals surface area (Å²) in [7, 11) is 0. The second kappa shape index (κ2) is 7.85. The summed E-state index contributed by atoms with van der Waals surface area (Å²) in [5.41, 5.74) is 1.71. The zero-order valence-corrected chi connectivity index (χ0v) is 15.3. The fraction of sp³-hybridized carbons (Fsp3) is 0.350. The second-order valence-electron chi connectivity index (χ2n) is 7.04. The van der Waals surface area contributed by atoms with Crippen molar-refractivity contribution in [2.75, 3.05) is 31.6 Å². The predicted molar refractivity (Wildman–Crippen MR) is 102 cm³/mol. The number of nitro benzene ring substituents is 1. The topological polar surface area (TPSA) is 95.1 Å². The first kappa shape index (κ1) is 18.2. The average molecular weight is 384 g/mol. The van der Waals surface area contributed by atoms with Crippen LogP contribution in [0.15, 0.2) is 42.5 Å². The highest BCUT2D eigenvalue weighted by Crippen LogP contribution is 2.33. The van der Waals surface area contributed by atoms with Gasteiger partial charge in [-0.25, -0.2) is 0 Å². The minimum atomic E-state index is -0.460. The molecule has 0 saturated carbocycles. The monoisotopic (exact) mass is 384 g/mol. The Labute approximate surface area is 162 Å². The SMILES string of the molecule is O=C(C[NH+]1CCC[C@@H]1c1ccc2c(c1)OCCO2)Nc1ccc([N+](=O)[O-])cc1. The Bertz CT molecular complexity index is 884. The lowest BCUT2D eigenvalue weighted by Crippen LogP contribution is -3.11. The number of nitrogens with zero attached hydrogens (tertiary/aromatic N) is 1. The summed E-state index contributed by atoms with van der Waals surface area (Å²) in [5.74, 6) is 1.43. The molecule has 2 aromatic rings. The number of quaternary nitrogens is 1. The molecule has 2 atom stereocenters. The zero-order chi connectivity index (χ0) is 19.5. The molecule has 2 aliphatic heterocycles. The summed E-state index contributed by atoms with van der Waals surface area (Å²) >= 11 is 0. The van der Waals surface area contributed by atoms with Crippen LogP contribution in [-0.2, 0) is 4.79 Å². The van der Waals surface area contributed by atoms with Crippen molar-refractivity contribution in [1.82, 2.24) is 0 Å². The number of carbonyl (C=O) groups is 1. The number of amides is 1. The van der Waals surface area contributed by atoms with Gasteiger partial charge in [-0.2, -0.15) is 0 Å². The molecule has 2 aliphatic rings. The third-order valence-corrected chi connectivity index (χ3v) is 5.20. The van der Waals surface area contributed by atoms with E-state index in [0.717, 1.165) is 36.4 Å². The molecule has 0 radical (unpaired) electrons. The normalized spacial score (nSPS) is 20.6. The van der Waals surface area contributed by atoms with E-state index in [1.165, 1.54) is 17.0 Å². The molecule has 8 heteroatoms. The summed E-state index contributed by atoms with van der Waals surface area (Å²) in [5, 5.41) is 13.6. The van der Waals surface area contributed by atoms with Gasteiger partial charge in [-0.3, -0.25) is 14.9 Å². The van der Waals surface area contributed by atoms with Crippen molar-refractivity contribution < 1.29 is 24.1 Å². The number of carbonyl (C=O) groups excluding carboxylic acids is 1. The number of anilines is 1. The van der Waals surface area contributed by atoms with Crippen LogP contribution < -0.4 is 19.7 Å². The van der Waals surface area contributed by atoms with E-state index >= 15 is 0 Å². The van der Waals surface area contributed by atoms with Gasteiger partial charge in [0.05, 0.1) is 11.5 Å². The molecule has 0 spiro atoms. The first-order valence-corrected chi connectivity index (χ1v) is 9.38. The van der Waals surface area contributed by atoms with Gasteiger partial charge in [0.15, 0.2) is 18.0 Å². The van der Waals surface area contributed by atoms with Gasteiger partial charge in [-0.15, -0.1) is 0 Å². The highest BCUT2D eigenvalue weighted by Gasteiger charge is 2.32. The Hall–Kier alpha value is -3.13. The number of benzene rings is 2. The van der Waals surface area contributed by atoms with Gasteiger partial charge in [0.2, 0.25) is 0 Å². The number of nitrogens with one attached hydrogen (secondary N) is 2. The van der Waals surface area contributed by atoms with Gasteiger partial charge in [0.25, 0.3) is 11.6 Å². The molecular weight excluding hydrogens is 362 g/mol. The number of fused-ring (bicyclic) bond motifs is 1. The molecule has 1 saturated heterocycles. The summed E-state index contributed by atoms with van der Waals surface area (Å²) < 4.78 is 11.3. The van der Waals surface area contributed by atoms with Crippen molar-refractivity contribution in [1.29, 1.82) is 0 Å². The lowest BCUT2D eigenvalue weighted by molar-refractivity contribution is -0.910. The maximum atomic E-state index is 12.5. The smallest absolute Gasteiger partial charge is 0.279 e. The zero-order valence-electron chi connectivity index (χ0n) is 15.3. The fourth-order valence-corrected chi connectivity index (χ4v) is 3.88. The number of likely N-dealkylation sites (tertiary alicyclic amines) is 1. The summed E-state index contributed by atoms with van der Waals surface area (Å²) in [6.45, 7) is 2.38. The van der Waals surface area contributed by atoms with Crippen LogP contribution in [0.25, 0.3) is 0 Å². The van der Waals surface area contributed by atoms with Crippen molar-refractivity contribution in [3.8, 4) is 11.5 Å². The molecule has 2 N–H and O–H groups in total. The van der Waals surface area contributed by atoms with Gasteiger partial charge in [-0.05, 0) is 30.3 Å². The molecular formula is C20H22N3O5+. The summed E-state index contributed by atoms with van der Waals surface area (Å²) in [6.07, 6.45) is 2.07. The Morgan fingerprint density at radius 3 is 2.64 bits per heavy atom. The van der Waals surface area contributed by atoms with Crippen LogP contribution in [0.5, 0.6) is 11.5 Å². The van der Waals surface area contributed by atoms with Gasteiger partial charge in [-0.1, -0.05) is 0 Å². The van der Waals surface area contributed by atoms with Gasteiger partial charge >= 0.3 is 0 Å². The number of rotatable bonds is 5. The number of ether oxygens (including phenoxy) is 2. The van der Waals surface area contributed by atoms with Crippen LogP contribution in [0.4, 0.5) is 11.4 Å². The second-order valence-corrected chi connectivity index (χ2v) is 7.04. The van der Waals surface area contributed by atoms with E-state index in [4.69, 9.17) is 9.47 Å². The third kappa shape index (κ3) is 3.91. The van der Waals surface area contributed by atoms with E-state index in [2.05, 4.69) is 11.4 Å². The molecule has 8 nitrogen and oxygen atoms in total. The first-order valence-electron chi connectivity index (χ1n) is 9.38. The van der Waals surface area contributed by atoms with Crippen LogP contribution in [0.1, 0.15) is 24.4 Å². The minimum Gasteiger partial charge on any atom is -0.486 e. The molecule has 1 fully saturated rings. The van der Waals surface area contributed by atoms with Crippen molar-refractivity contribution in [3.63, 3.8) is 0 Å². The van der Waals surface area contributed by atoms with Gasteiger partial charge in [0, 0.05) is 36.2 Å². The standard InChI is InChI=1S/C20H21N3O5/c24-20(21-15-4-6-16(7-5-15)23(25)26)13-22-9-1-2-17(22)14-3-8-18-19(12-14)28-11-10-27-18/h3-8,12,17H,1-2,9-11,13H2,(H,21,24)/p+1/t17-/m1/s1.